The molecule has 24 heavy (non-hydrogen) atoms. The van der Waals surface area contributed by atoms with Gasteiger partial charge in [0.15, 0.2) is 5.82 Å². The SMILES string of the molecule is C=Cc1c(C(CCCCCC)CCCCCC)ncnc1N(C)N. The highest BCUT2D eigenvalue weighted by Crippen LogP contribution is 2.32. The molecular formula is C20H36N4. The van der Waals surface area contributed by atoms with Crippen LogP contribution in [0.4, 0.5) is 5.82 Å². The Morgan fingerprint density at radius 1 is 1.04 bits per heavy atom. The maximum atomic E-state index is 5.93. The molecule has 0 fully saturated rings. The second-order valence-corrected chi connectivity index (χ2v) is 6.71. The molecular weight excluding hydrogens is 296 g/mol. The third-order valence-corrected chi connectivity index (χ3v) is 4.63. The number of hydrogen-bond acceptors (Lipinski definition) is 4. The first-order valence-electron chi connectivity index (χ1n) is 9.61. The number of unbranched alkanes of at least 4 members (excludes halogenated alkanes) is 6. The van der Waals surface area contributed by atoms with Crippen molar-refractivity contribution in [3.8, 4) is 0 Å². The number of hydrazine groups is 1. The maximum Gasteiger partial charge on any atom is 0.153 e. The third kappa shape index (κ3) is 6.60. The molecule has 4 heteroatoms. The van der Waals surface area contributed by atoms with Crippen molar-refractivity contribution in [3.63, 3.8) is 0 Å². The summed E-state index contributed by atoms with van der Waals surface area (Å²) in [5.41, 5.74) is 2.12. The Hall–Kier alpha value is -1.42. The monoisotopic (exact) mass is 332 g/mol. The highest BCUT2D eigenvalue weighted by Gasteiger charge is 2.19. The molecule has 136 valence electrons. The molecule has 0 saturated heterocycles. The molecule has 4 nitrogen and oxygen atoms in total. The molecule has 0 atom stereocenters. The Balaban J connectivity index is 2.90. The minimum absolute atomic E-state index is 0.480. The zero-order chi connectivity index (χ0) is 17.8. The highest BCUT2D eigenvalue weighted by molar-refractivity contribution is 5.64. The van der Waals surface area contributed by atoms with Crippen LogP contribution in [0.1, 0.15) is 95.2 Å². The number of nitrogens with two attached hydrogens (primary N) is 1. The minimum Gasteiger partial charge on any atom is -0.297 e. The van der Waals surface area contributed by atoms with Gasteiger partial charge in [0.05, 0.1) is 5.69 Å². The van der Waals surface area contributed by atoms with Crippen LogP contribution in [0.5, 0.6) is 0 Å². The number of anilines is 1. The van der Waals surface area contributed by atoms with Crippen LogP contribution >= 0.6 is 0 Å². The fourth-order valence-corrected chi connectivity index (χ4v) is 3.25. The van der Waals surface area contributed by atoms with Crippen molar-refractivity contribution in [1.82, 2.24) is 9.97 Å². The van der Waals surface area contributed by atoms with Gasteiger partial charge in [-0.15, -0.1) is 0 Å². The molecule has 0 saturated carbocycles. The average molecular weight is 333 g/mol. The van der Waals surface area contributed by atoms with Crippen LogP contribution in [0.15, 0.2) is 12.9 Å². The van der Waals surface area contributed by atoms with E-state index in [0.29, 0.717) is 5.92 Å². The molecule has 1 aromatic heterocycles. The molecule has 1 heterocycles. The van der Waals surface area contributed by atoms with Gasteiger partial charge in [-0.2, -0.15) is 0 Å². The van der Waals surface area contributed by atoms with E-state index < -0.39 is 0 Å². The predicted octanol–water partition coefficient (Wildman–Crippen LogP) is 5.45. The van der Waals surface area contributed by atoms with E-state index >= 15 is 0 Å². The molecule has 2 N–H and O–H groups in total. The summed E-state index contributed by atoms with van der Waals surface area (Å²) >= 11 is 0. The van der Waals surface area contributed by atoms with Crippen LogP contribution in [-0.2, 0) is 0 Å². The fourth-order valence-electron chi connectivity index (χ4n) is 3.25. The van der Waals surface area contributed by atoms with E-state index in [1.54, 1.807) is 11.3 Å². The fraction of sp³-hybridized carbons (Fsp3) is 0.700. The molecule has 0 unspecified atom stereocenters. The van der Waals surface area contributed by atoms with Crippen LogP contribution in [0.3, 0.4) is 0 Å². The van der Waals surface area contributed by atoms with Crippen molar-refractivity contribution < 1.29 is 0 Å². The molecule has 0 radical (unpaired) electrons. The molecule has 1 rings (SSSR count). The van der Waals surface area contributed by atoms with E-state index in [0.717, 1.165) is 17.1 Å². The van der Waals surface area contributed by atoms with Crippen LogP contribution in [-0.4, -0.2) is 17.0 Å². The molecule has 0 aliphatic heterocycles. The maximum absolute atomic E-state index is 5.93. The van der Waals surface area contributed by atoms with Crippen LogP contribution < -0.4 is 10.9 Å². The lowest BCUT2D eigenvalue weighted by Crippen LogP contribution is -2.27. The van der Waals surface area contributed by atoms with Crippen molar-refractivity contribution in [1.29, 1.82) is 0 Å². The summed E-state index contributed by atoms with van der Waals surface area (Å²) in [7, 11) is 1.82. The first-order valence-corrected chi connectivity index (χ1v) is 9.61. The van der Waals surface area contributed by atoms with Gasteiger partial charge < -0.3 is 0 Å². The number of rotatable bonds is 13. The van der Waals surface area contributed by atoms with Gasteiger partial charge in [0, 0.05) is 18.5 Å². The molecule has 0 aliphatic rings. The molecule has 0 spiro atoms. The van der Waals surface area contributed by atoms with E-state index in [4.69, 9.17) is 5.84 Å². The second-order valence-electron chi connectivity index (χ2n) is 6.71. The molecule has 0 bridgehead atoms. The largest absolute Gasteiger partial charge is 0.297 e. The smallest absolute Gasteiger partial charge is 0.153 e. The van der Waals surface area contributed by atoms with Crippen LogP contribution in [0, 0.1) is 0 Å². The van der Waals surface area contributed by atoms with E-state index in [-0.39, 0.29) is 0 Å². The van der Waals surface area contributed by atoms with Gasteiger partial charge >= 0.3 is 0 Å². The lowest BCUT2D eigenvalue weighted by molar-refractivity contribution is 0.487. The first kappa shape index (κ1) is 20.6. The summed E-state index contributed by atoms with van der Waals surface area (Å²) in [5, 5.41) is 1.56. The van der Waals surface area contributed by atoms with E-state index in [2.05, 4.69) is 30.4 Å². The average Bonchev–Trinajstić information content (AvgIpc) is 2.59. The highest BCUT2D eigenvalue weighted by atomic mass is 15.4. The zero-order valence-electron chi connectivity index (χ0n) is 15.9. The second kappa shape index (κ2) is 12.0. The van der Waals surface area contributed by atoms with Crippen LogP contribution in [0.2, 0.25) is 0 Å². The summed E-state index contributed by atoms with van der Waals surface area (Å²) in [5.74, 6) is 7.18. The minimum atomic E-state index is 0.480. The van der Waals surface area contributed by atoms with Gasteiger partial charge in [-0.1, -0.05) is 77.9 Å². The third-order valence-electron chi connectivity index (χ3n) is 4.63. The van der Waals surface area contributed by atoms with Gasteiger partial charge in [-0.3, -0.25) is 5.01 Å². The number of hydrogen-bond donors (Lipinski definition) is 1. The Bertz CT molecular complexity index is 459. The molecule has 0 aromatic carbocycles. The zero-order valence-corrected chi connectivity index (χ0v) is 15.9. The van der Waals surface area contributed by atoms with Gasteiger partial charge in [0.25, 0.3) is 0 Å². The Kier molecular flexibility index (Phi) is 10.3. The van der Waals surface area contributed by atoms with Gasteiger partial charge in [-0.05, 0) is 12.8 Å². The standard InChI is InChI=1S/C20H36N4/c1-5-8-10-12-14-17(15-13-11-9-6-2)19-18(7-3)20(24(4)21)23-16-22-19/h7,16-17H,3,5-6,8-15,21H2,1-2,4H3. The number of aromatic nitrogens is 2. The van der Waals surface area contributed by atoms with E-state index in [1.165, 1.54) is 64.2 Å². The first-order chi connectivity index (χ1) is 11.7. The lowest BCUT2D eigenvalue weighted by Gasteiger charge is -2.22. The molecule has 1 aromatic rings. The van der Waals surface area contributed by atoms with Crippen molar-refractivity contribution >= 4 is 11.9 Å². The van der Waals surface area contributed by atoms with Crippen molar-refractivity contribution in [3.05, 3.63) is 24.2 Å². The Labute approximate surface area is 148 Å². The van der Waals surface area contributed by atoms with E-state index in [1.807, 2.05) is 13.1 Å². The summed E-state index contributed by atoms with van der Waals surface area (Å²) in [6.07, 6.45) is 16.2. The predicted molar refractivity (Wildman–Crippen MR) is 105 cm³/mol. The van der Waals surface area contributed by atoms with Crippen molar-refractivity contribution in [2.45, 2.75) is 84.0 Å². The molecule has 0 aliphatic carbocycles. The van der Waals surface area contributed by atoms with E-state index in [9.17, 15) is 0 Å². The summed E-state index contributed by atoms with van der Waals surface area (Å²) in [6, 6.07) is 0. The summed E-state index contributed by atoms with van der Waals surface area (Å²) in [4.78, 5) is 8.96. The van der Waals surface area contributed by atoms with Crippen molar-refractivity contribution in [2.24, 2.45) is 5.84 Å². The summed E-state index contributed by atoms with van der Waals surface area (Å²) in [6.45, 7) is 8.49. The normalized spacial score (nSPS) is 11.0. The topological polar surface area (TPSA) is 55.0 Å². The van der Waals surface area contributed by atoms with Crippen molar-refractivity contribution in [2.75, 3.05) is 12.1 Å². The quantitative estimate of drug-likeness (QED) is 0.296. The lowest BCUT2D eigenvalue weighted by atomic mass is 9.89. The van der Waals surface area contributed by atoms with Gasteiger partial charge in [0.1, 0.15) is 6.33 Å². The molecule has 0 amide bonds. The Morgan fingerprint density at radius 2 is 1.62 bits per heavy atom. The number of nitrogens with zero attached hydrogens (tertiary/aromatic N) is 3. The Morgan fingerprint density at radius 3 is 2.08 bits per heavy atom. The van der Waals surface area contributed by atoms with Gasteiger partial charge in [-0.25, -0.2) is 15.8 Å². The van der Waals surface area contributed by atoms with Gasteiger partial charge in [0.2, 0.25) is 0 Å². The van der Waals surface area contributed by atoms with Crippen LogP contribution in [0.25, 0.3) is 6.08 Å². The summed E-state index contributed by atoms with van der Waals surface area (Å²) < 4.78 is 0.